The maximum atomic E-state index is 12.3. The van der Waals surface area contributed by atoms with Gasteiger partial charge in [-0.15, -0.1) is 0 Å². The molecule has 0 bridgehead atoms. The third-order valence-corrected chi connectivity index (χ3v) is 3.98. The lowest BCUT2D eigenvalue weighted by Gasteiger charge is -2.26. The van der Waals surface area contributed by atoms with Crippen molar-refractivity contribution in [1.29, 1.82) is 0 Å². The van der Waals surface area contributed by atoms with Crippen LogP contribution in [0.2, 0.25) is 0 Å². The summed E-state index contributed by atoms with van der Waals surface area (Å²) in [5, 5.41) is 5.41. The summed E-state index contributed by atoms with van der Waals surface area (Å²) in [7, 11) is 0. The molecule has 1 aromatic carbocycles. The number of aromatic nitrogens is 2. The van der Waals surface area contributed by atoms with Gasteiger partial charge in [0.05, 0.1) is 12.1 Å². The van der Waals surface area contributed by atoms with Crippen LogP contribution in [-0.4, -0.2) is 34.2 Å². The number of benzene rings is 1. The lowest BCUT2D eigenvalue weighted by Crippen LogP contribution is -2.40. The molecule has 2 aromatic rings. The Balaban J connectivity index is 1.63. The number of nitrogens with zero attached hydrogens (tertiary/aromatic N) is 1. The molecule has 1 aromatic heterocycles. The number of rotatable bonds is 3. The van der Waals surface area contributed by atoms with Crippen LogP contribution in [0.4, 0.5) is 0 Å². The van der Waals surface area contributed by atoms with E-state index in [1.165, 1.54) is 0 Å². The average molecular weight is 301 g/mol. The van der Waals surface area contributed by atoms with E-state index in [1.807, 2.05) is 32.0 Å². The van der Waals surface area contributed by atoms with Gasteiger partial charge in [0.25, 0.3) is 11.5 Å². The molecule has 6 heteroatoms. The summed E-state index contributed by atoms with van der Waals surface area (Å²) in [4.78, 5) is 25.6. The molecule has 0 fully saturated rings. The molecule has 22 heavy (non-hydrogen) atoms. The van der Waals surface area contributed by atoms with Crippen molar-refractivity contribution in [3.63, 3.8) is 0 Å². The number of carbonyl (C=O) groups is 1. The van der Waals surface area contributed by atoms with Crippen molar-refractivity contribution in [1.82, 2.24) is 15.1 Å². The standard InChI is InChI=1S/C16H19N3O3/c1-10-3-4-14(11(2)7-10)22-9-15(20)19-6-5-13-12(8-19)16(21)18-17-13/h3-4,7H,5-6,8-9H2,1-2H3,(H2,17,18,21). The molecule has 0 unspecified atom stereocenters. The largest absolute Gasteiger partial charge is 0.484 e. The molecule has 0 spiro atoms. The van der Waals surface area contributed by atoms with Gasteiger partial charge in [-0.1, -0.05) is 17.7 Å². The zero-order valence-electron chi connectivity index (χ0n) is 12.7. The highest BCUT2D eigenvalue weighted by atomic mass is 16.5. The second-order valence-electron chi connectivity index (χ2n) is 5.66. The summed E-state index contributed by atoms with van der Waals surface area (Å²) in [6.45, 7) is 4.89. The maximum Gasteiger partial charge on any atom is 0.269 e. The summed E-state index contributed by atoms with van der Waals surface area (Å²) >= 11 is 0. The minimum absolute atomic E-state index is 0.0123. The number of hydrogen-bond acceptors (Lipinski definition) is 3. The molecule has 0 radical (unpaired) electrons. The maximum absolute atomic E-state index is 12.3. The van der Waals surface area contributed by atoms with Gasteiger partial charge in [-0.2, -0.15) is 0 Å². The zero-order chi connectivity index (χ0) is 15.7. The van der Waals surface area contributed by atoms with Crippen LogP contribution in [0.1, 0.15) is 22.4 Å². The van der Waals surface area contributed by atoms with Gasteiger partial charge in [0.2, 0.25) is 0 Å². The Morgan fingerprint density at radius 3 is 2.91 bits per heavy atom. The number of aryl methyl sites for hydroxylation is 2. The Morgan fingerprint density at radius 1 is 1.32 bits per heavy atom. The number of aromatic amines is 2. The summed E-state index contributed by atoms with van der Waals surface area (Å²) in [6, 6.07) is 5.86. The molecular weight excluding hydrogens is 282 g/mol. The highest BCUT2D eigenvalue weighted by Gasteiger charge is 2.24. The number of amides is 1. The van der Waals surface area contributed by atoms with Crippen molar-refractivity contribution in [3.05, 3.63) is 50.9 Å². The van der Waals surface area contributed by atoms with Gasteiger partial charge in [-0.25, -0.2) is 0 Å². The molecule has 0 saturated carbocycles. The van der Waals surface area contributed by atoms with Crippen molar-refractivity contribution >= 4 is 5.91 Å². The van der Waals surface area contributed by atoms with Crippen molar-refractivity contribution in [2.24, 2.45) is 0 Å². The highest BCUT2D eigenvalue weighted by Crippen LogP contribution is 2.19. The molecule has 1 amide bonds. The van der Waals surface area contributed by atoms with E-state index in [4.69, 9.17) is 4.74 Å². The van der Waals surface area contributed by atoms with Gasteiger partial charge in [0.15, 0.2) is 6.61 Å². The zero-order valence-corrected chi connectivity index (χ0v) is 12.7. The minimum Gasteiger partial charge on any atom is -0.484 e. The Hall–Kier alpha value is -2.50. The summed E-state index contributed by atoms with van der Waals surface area (Å²) in [5.74, 6) is 0.613. The van der Waals surface area contributed by atoms with Crippen LogP contribution >= 0.6 is 0 Å². The summed E-state index contributed by atoms with van der Waals surface area (Å²) in [6.07, 6.45) is 0.656. The predicted octanol–water partition coefficient (Wildman–Crippen LogP) is 1.28. The molecule has 0 saturated heterocycles. The topological polar surface area (TPSA) is 78.2 Å². The van der Waals surface area contributed by atoms with Gasteiger partial charge in [-0.3, -0.25) is 14.7 Å². The molecule has 0 atom stereocenters. The second kappa shape index (κ2) is 5.71. The van der Waals surface area contributed by atoms with Crippen molar-refractivity contribution in [3.8, 4) is 5.75 Å². The molecule has 6 nitrogen and oxygen atoms in total. The third kappa shape index (κ3) is 2.77. The van der Waals surface area contributed by atoms with Crippen molar-refractivity contribution < 1.29 is 9.53 Å². The van der Waals surface area contributed by atoms with Gasteiger partial charge in [0, 0.05) is 18.7 Å². The third-order valence-electron chi connectivity index (χ3n) is 3.98. The van der Waals surface area contributed by atoms with Crippen LogP contribution in [0, 0.1) is 13.8 Å². The molecule has 3 rings (SSSR count). The van der Waals surface area contributed by atoms with E-state index in [0.29, 0.717) is 25.1 Å². The first-order valence-corrected chi connectivity index (χ1v) is 7.31. The predicted molar refractivity (Wildman–Crippen MR) is 81.9 cm³/mol. The fourth-order valence-corrected chi connectivity index (χ4v) is 2.72. The lowest BCUT2D eigenvalue weighted by molar-refractivity contribution is -0.134. The monoisotopic (exact) mass is 301 g/mol. The van der Waals surface area contributed by atoms with Gasteiger partial charge in [-0.05, 0) is 25.5 Å². The van der Waals surface area contributed by atoms with E-state index in [9.17, 15) is 9.59 Å². The van der Waals surface area contributed by atoms with Crippen LogP contribution in [0.5, 0.6) is 5.75 Å². The smallest absolute Gasteiger partial charge is 0.269 e. The molecule has 1 aliphatic heterocycles. The molecular formula is C16H19N3O3. The molecule has 1 aliphatic rings. The SMILES string of the molecule is Cc1ccc(OCC(=O)N2CCc3[nH][nH]c(=O)c3C2)c(C)c1. The van der Waals surface area contributed by atoms with Crippen LogP contribution in [0.25, 0.3) is 0 Å². The Labute approximate surface area is 128 Å². The minimum atomic E-state index is -0.150. The summed E-state index contributed by atoms with van der Waals surface area (Å²) in [5.41, 5.74) is 3.56. The first-order valence-electron chi connectivity index (χ1n) is 7.31. The lowest BCUT2D eigenvalue weighted by atomic mass is 10.1. The van der Waals surface area contributed by atoms with E-state index in [-0.39, 0.29) is 18.1 Å². The normalized spacial score (nSPS) is 13.8. The van der Waals surface area contributed by atoms with Crippen LogP contribution in [0.3, 0.4) is 0 Å². The van der Waals surface area contributed by atoms with E-state index in [0.717, 1.165) is 22.6 Å². The van der Waals surface area contributed by atoms with Gasteiger partial charge >= 0.3 is 0 Å². The fraction of sp³-hybridized carbons (Fsp3) is 0.375. The first kappa shape index (κ1) is 14.4. The summed E-state index contributed by atoms with van der Waals surface area (Å²) < 4.78 is 5.62. The Morgan fingerprint density at radius 2 is 2.14 bits per heavy atom. The average Bonchev–Trinajstić information content (AvgIpc) is 2.87. The number of hydrogen-bond donors (Lipinski definition) is 2. The van der Waals surface area contributed by atoms with Crippen LogP contribution in [-0.2, 0) is 17.8 Å². The van der Waals surface area contributed by atoms with E-state index in [2.05, 4.69) is 10.2 Å². The van der Waals surface area contributed by atoms with E-state index < -0.39 is 0 Å². The van der Waals surface area contributed by atoms with E-state index in [1.54, 1.807) is 4.90 Å². The number of H-pyrrole nitrogens is 2. The number of carbonyl (C=O) groups excluding carboxylic acids is 1. The molecule has 2 heterocycles. The first-order chi connectivity index (χ1) is 10.5. The number of fused-ring (bicyclic) bond motifs is 1. The Kier molecular flexibility index (Phi) is 3.75. The van der Waals surface area contributed by atoms with Crippen molar-refractivity contribution in [2.45, 2.75) is 26.8 Å². The van der Waals surface area contributed by atoms with E-state index >= 15 is 0 Å². The van der Waals surface area contributed by atoms with Crippen molar-refractivity contribution in [2.75, 3.05) is 13.2 Å². The van der Waals surface area contributed by atoms with Gasteiger partial charge < -0.3 is 14.7 Å². The second-order valence-corrected chi connectivity index (χ2v) is 5.66. The molecule has 0 aliphatic carbocycles. The highest BCUT2D eigenvalue weighted by molar-refractivity contribution is 5.78. The number of nitrogens with one attached hydrogen (secondary N) is 2. The fourth-order valence-electron chi connectivity index (χ4n) is 2.72. The number of ether oxygens (including phenoxy) is 1. The van der Waals surface area contributed by atoms with Crippen LogP contribution in [0.15, 0.2) is 23.0 Å². The van der Waals surface area contributed by atoms with Gasteiger partial charge in [0.1, 0.15) is 5.75 Å². The quantitative estimate of drug-likeness (QED) is 0.896. The molecule has 116 valence electrons. The molecule has 2 N–H and O–H groups in total. The van der Waals surface area contributed by atoms with Crippen LogP contribution < -0.4 is 10.3 Å². The Bertz CT molecular complexity index is 760.